The third-order valence-corrected chi connectivity index (χ3v) is 2.69. The number of aryl methyl sites for hydroxylation is 2. The molecule has 2 rings (SSSR count). The fourth-order valence-corrected chi connectivity index (χ4v) is 1.81. The molecule has 0 unspecified atom stereocenters. The van der Waals surface area contributed by atoms with Crippen LogP contribution in [0.25, 0.3) is 0 Å². The van der Waals surface area contributed by atoms with Gasteiger partial charge in [0.2, 0.25) is 0 Å². The monoisotopic (exact) mass is 165 g/mol. The molecule has 1 fully saturated rings. The number of hydrogen-bond acceptors (Lipinski definition) is 2. The zero-order valence-corrected chi connectivity index (χ0v) is 7.89. The van der Waals surface area contributed by atoms with Gasteiger partial charge in [0.25, 0.3) is 0 Å². The Morgan fingerprint density at radius 2 is 2.25 bits per heavy atom. The number of nitrogens with one attached hydrogen (secondary N) is 1. The maximum Gasteiger partial charge on any atom is 0.0854 e. The van der Waals surface area contributed by atoms with Gasteiger partial charge in [0.15, 0.2) is 0 Å². The van der Waals surface area contributed by atoms with Crippen LogP contribution in [-0.4, -0.2) is 16.8 Å². The minimum Gasteiger partial charge on any atom is -0.309 e. The van der Waals surface area contributed by atoms with Crippen LogP contribution in [0.3, 0.4) is 0 Å². The molecular weight excluding hydrogens is 150 g/mol. The third-order valence-electron chi connectivity index (χ3n) is 2.69. The highest BCUT2D eigenvalue weighted by Gasteiger charge is 2.45. The summed E-state index contributed by atoms with van der Waals surface area (Å²) < 4.78 is 1.89. The summed E-state index contributed by atoms with van der Waals surface area (Å²) in [5.74, 6) is 0. The number of rotatable bonds is 2. The summed E-state index contributed by atoms with van der Waals surface area (Å²) in [6.45, 7) is 2.12. The molecule has 12 heavy (non-hydrogen) atoms. The van der Waals surface area contributed by atoms with Gasteiger partial charge in [-0.15, -0.1) is 0 Å². The molecular formula is C9H15N3. The van der Waals surface area contributed by atoms with Crippen molar-refractivity contribution in [2.75, 3.05) is 7.05 Å². The molecule has 0 saturated heterocycles. The first-order valence-corrected chi connectivity index (χ1v) is 4.37. The van der Waals surface area contributed by atoms with Crippen molar-refractivity contribution in [3.8, 4) is 0 Å². The molecule has 1 N–H and O–H groups in total. The van der Waals surface area contributed by atoms with Crippen molar-refractivity contribution in [1.82, 2.24) is 15.1 Å². The van der Waals surface area contributed by atoms with Crippen molar-refractivity contribution in [3.63, 3.8) is 0 Å². The van der Waals surface area contributed by atoms with Gasteiger partial charge in [-0.3, -0.25) is 4.68 Å². The predicted molar refractivity (Wildman–Crippen MR) is 47.9 cm³/mol. The lowest BCUT2D eigenvalue weighted by Crippen LogP contribution is -2.25. The van der Waals surface area contributed by atoms with Gasteiger partial charge in [-0.25, -0.2) is 0 Å². The van der Waals surface area contributed by atoms with Gasteiger partial charge >= 0.3 is 0 Å². The Kier molecular flexibility index (Phi) is 1.51. The van der Waals surface area contributed by atoms with E-state index in [0.29, 0.717) is 0 Å². The van der Waals surface area contributed by atoms with Crippen LogP contribution in [0.1, 0.15) is 24.1 Å². The Labute approximate surface area is 72.8 Å². The molecule has 66 valence electrons. The summed E-state index contributed by atoms with van der Waals surface area (Å²) in [6.07, 6.45) is 4.52. The fraction of sp³-hybridized carbons (Fsp3) is 0.667. The number of nitrogens with zero attached hydrogens (tertiary/aromatic N) is 2. The molecule has 3 heteroatoms. The van der Waals surface area contributed by atoms with Crippen molar-refractivity contribution in [2.24, 2.45) is 7.05 Å². The van der Waals surface area contributed by atoms with Gasteiger partial charge in [0.1, 0.15) is 0 Å². The standard InChI is InChI=1S/C9H15N3/c1-7-6-12(3)11-8(7)9(10-2)4-5-9/h6,10H,4-5H2,1-3H3. The molecule has 1 aliphatic rings. The normalized spacial score (nSPS) is 19.6. The quantitative estimate of drug-likeness (QED) is 0.706. The largest absolute Gasteiger partial charge is 0.309 e. The zero-order chi connectivity index (χ0) is 8.77. The highest BCUT2D eigenvalue weighted by Crippen LogP contribution is 2.45. The molecule has 1 aromatic rings. The SMILES string of the molecule is CNC1(c2nn(C)cc2C)CC1. The van der Waals surface area contributed by atoms with E-state index in [2.05, 4.69) is 23.5 Å². The molecule has 1 aromatic heterocycles. The lowest BCUT2D eigenvalue weighted by molar-refractivity contribution is 0.551. The molecule has 0 radical (unpaired) electrons. The first-order chi connectivity index (χ1) is 5.68. The Hall–Kier alpha value is -0.830. The van der Waals surface area contributed by atoms with E-state index < -0.39 is 0 Å². The first-order valence-electron chi connectivity index (χ1n) is 4.37. The number of hydrogen-bond donors (Lipinski definition) is 1. The molecule has 0 amide bonds. The molecule has 1 aliphatic carbocycles. The Bertz CT molecular complexity index is 297. The molecule has 1 saturated carbocycles. The maximum atomic E-state index is 4.47. The van der Waals surface area contributed by atoms with E-state index in [-0.39, 0.29) is 5.54 Å². The predicted octanol–water partition coefficient (Wildman–Crippen LogP) is 0.937. The topological polar surface area (TPSA) is 29.9 Å². The highest BCUT2D eigenvalue weighted by molar-refractivity contribution is 5.29. The highest BCUT2D eigenvalue weighted by atomic mass is 15.3. The van der Waals surface area contributed by atoms with E-state index in [4.69, 9.17) is 0 Å². The maximum absolute atomic E-state index is 4.47. The van der Waals surface area contributed by atoms with E-state index in [9.17, 15) is 0 Å². The second kappa shape index (κ2) is 2.33. The molecule has 3 nitrogen and oxygen atoms in total. The lowest BCUT2D eigenvalue weighted by Gasteiger charge is -2.11. The molecule has 0 atom stereocenters. The molecule has 0 aliphatic heterocycles. The van der Waals surface area contributed by atoms with Crippen LogP contribution < -0.4 is 5.32 Å². The average molecular weight is 165 g/mol. The minimum absolute atomic E-state index is 0.214. The van der Waals surface area contributed by atoms with Gasteiger partial charge in [-0.1, -0.05) is 0 Å². The summed E-state index contributed by atoms with van der Waals surface area (Å²) in [5, 5.41) is 7.82. The molecule has 0 bridgehead atoms. The van der Waals surface area contributed by atoms with Crippen molar-refractivity contribution < 1.29 is 0 Å². The Morgan fingerprint density at radius 1 is 1.58 bits per heavy atom. The second-order valence-corrected chi connectivity index (χ2v) is 3.67. The van der Waals surface area contributed by atoms with Gasteiger partial charge < -0.3 is 5.32 Å². The van der Waals surface area contributed by atoms with Crippen LogP contribution in [0.15, 0.2) is 6.20 Å². The summed E-state index contributed by atoms with van der Waals surface area (Å²) in [5.41, 5.74) is 2.74. The van der Waals surface area contributed by atoms with Crippen LogP contribution in [0.4, 0.5) is 0 Å². The van der Waals surface area contributed by atoms with Crippen LogP contribution in [-0.2, 0) is 12.6 Å². The van der Waals surface area contributed by atoms with Crippen LogP contribution in [0.5, 0.6) is 0 Å². The third kappa shape index (κ3) is 0.966. The van der Waals surface area contributed by atoms with E-state index >= 15 is 0 Å². The first kappa shape index (κ1) is 7.80. The number of aromatic nitrogens is 2. The van der Waals surface area contributed by atoms with Crippen molar-refractivity contribution >= 4 is 0 Å². The Morgan fingerprint density at radius 3 is 2.58 bits per heavy atom. The van der Waals surface area contributed by atoms with E-state index in [0.717, 1.165) is 0 Å². The molecule has 0 aromatic carbocycles. The lowest BCUT2D eigenvalue weighted by atomic mass is 10.1. The van der Waals surface area contributed by atoms with E-state index in [1.165, 1.54) is 24.1 Å². The van der Waals surface area contributed by atoms with Crippen LogP contribution in [0.2, 0.25) is 0 Å². The zero-order valence-electron chi connectivity index (χ0n) is 7.89. The summed E-state index contributed by atoms with van der Waals surface area (Å²) in [6, 6.07) is 0. The average Bonchev–Trinajstić information content (AvgIpc) is 2.74. The summed E-state index contributed by atoms with van der Waals surface area (Å²) in [4.78, 5) is 0. The van der Waals surface area contributed by atoms with Crippen molar-refractivity contribution in [3.05, 3.63) is 17.5 Å². The summed E-state index contributed by atoms with van der Waals surface area (Å²) in [7, 11) is 3.99. The van der Waals surface area contributed by atoms with E-state index in [1.807, 2.05) is 18.8 Å². The van der Waals surface area contributed by atoms with Gasteiger partial charge in [0.05, 0.1) is 11.2 Å². The van der Waals surface area contributed by atoms with Gasteiger partial charge in [-0.2, -0.15) is 5.10 Å². The minimum atomic E-state index is 0.214. The van der Waals surface area contributed by atoms with Gasteiger partial charge in [0, 0.05) is 13.2 Å². The van der Waals surface area contributed by atoms with Crippen LogP contribution in [0, 0.1) is 6.92 Å². The molecule has 0 spiro atoms. The van der Waals surface area contributed by atoms with Gasteiger partial charge in [-0.05, 0) is 32.4 Å². The Balaban J connectivity index is 2.39. The summed E-state index contributed by atoms with van der Waals surface area (Å²) >= 11 is 0. The second-order valence-electron chi connectivity index (χ2n) is 3.67. The van der Waals surface area contributed by atoms with Crippen molar-refractivity contribution in [1.29, 1.82) is 0 Å². The fourth-order valence-electron chi connectivity index (χ4n) is 1.81. The smallest absolute Gasteiger partial charge is 0.0854 e. The molecule has 1 heterocycles. The van der Waals surface area contributed by atoms with E-state index in [1.54, 1.807) is 0 Å². The van der Waals surface area contributed by atoms with Crippen LogP contribution >= 0.6 is 0 Å². The van der Waals surface area contributed by atoms with Crippen molar-refractivity contribution in [2.45, 2.75) is 25.3 Å².